The van der Waals surface area contributed by atoms with Crippen LogP contribution in [-0.4, -0.2) is 19.0 Å². The van der Waals surface area contributed by atoms with Crippen molar-refractivity contribution in [1.82, 2.24) is 0 Å². The van der Waals surface area contributed by atoms with E-state index in [4.69, 9.17) is 9.47 Å². The van der Waals surface area contributed by atoms with Crippen molar-refractivity contribution < 1.29 is 9.47 Å². The number of ether oxygens (including phenoxy) is 2. The molecule has 2 heteroatoms. The molecule has 0 aromatic heterocycles. The van der Waals surface area contributed by atoms with E-state index in [2.05, 4.69) is 27.7 Å². The van der Waals surface area contributed by atoms with Gasteiger partial charge in [0, 0.05) is 5.41 Å². The van der Waals surface area contributed by atoms with Crippen molar-refractivity contribution in [3.8, 4) is 0 Å². The van der Waals surface area contributed by atoms with Gasteiger partial charge in [0.05, 0.1) is 13.2 Å². The van der Waals surface area contributed by atoms with Gasteiger partial charge in [0.25, 0.3) is 0 Å². The molecule has 0 radical (unpaired) electrons. The Morgan fingerprint density at radius 1 is 1.18 bits per heavy atom. The summed E-state index contributed by atoms with van der Waals surface area (Å²) in [7, 11) is 0. The maximum atomic E-state index is 5.63. The average Bonchev–Trinajstić information content (AvgIpc) is 2.33. The van der Waals surface area contributed by atoms with Crippen LogP contribution < -0.4 is 0 Å². The Hall–Kier alpha value is -0.0800. The molecule has 0 saturated carbocycles. The highest BCUT2D eigenvalue weighted by molar-refractivity contribution is 4.85. The van der Waals surface area contributed by atoms with Crippen LogP contribution in [0.3, 0.4) is 0 Å². The summed E-state index contributed by atoms with van der Waals surface area (Å²) in [4.78, 5) is 0. The highest BCUT2D eigenvalue weighted by Gasteiger charge is 2.45. The lowest BCUT2D eigenvalue weighted by atomic mass is 9.84. The summed E-state index contributed by atoms with van der Waals surface area (Å²) in [5.74, 6) is -0.326. The third kappa shape index (κ3) is 1.42. The predicted molar refractivity (Wildman–Crippen MR) is 44.4 cm³/mol. The van der Waals surface area contributed by atoms with Crippen molar-refractivity contribution in [2.45, 2.75) is 39.9 Å². The molecular weight excluding hydrogens is 140 g/mol. The van der Waals surface area contributed by atoms with E-state index in [0.717, 1.165) is 19.6 Å². The molecule has 0 unspecified atom stereocenters. The maximum absolute atomic E-state index is 5.63. The lowest BCUT2D eigenvalue weighted by Gasteiger charge is -2.38. The normalized spacial score (nSPS) is 24.0. The van der Waals surface area contributed by atoms with Gasteiger partial charge >= 0.3 is 0 Å². The summed E-state index contributed by atoms with van der Waals surface area (Å²) < 4.78 is 11.3. The maximum Gasteiger partial charge on any atom is 0.172 e. The Balaban J connectivity index is 2.75. The zero-order valence-corrected chi connectivity index (χ0v) is 7.94. The smallest absolute Gasteiger partial charge is 0.172 e. The molecule has 1 fully saturated rings. The summed E-state index contributed by atoms with van der Waals surface area (Å²) in [6, 6.07) is 0. The number of rotatable bonds is 1. The van der Waals surface area contributed by atoms with Crippen LogP contribution >= 0.6 is 0 Å². The van der Waals surface area contributed by atoms with Crippen molar-refractivity contribution in [2.75, 3.05) is 13.2 Å². The fourth-order valence-corrected chi connectivity index (χ4v) is 1.62. The summed E-state index contributed by atoms with van der Waals surface area (Å²) in [5, 5.41) is 0. The Bertz CT molecular complexity index is 129. The van der Waals surface area contributed by atoms with Gasteiger partial charge in [-0.1, -0.05) is 27.7 Å². The van der Waals surface area contributed by atoms with E-state index in [0.29, 0.717) is 0 Å². The molecule has 1 heterocycles. The van der Waals surface area contributed by atoms with Gasteiger partial charge < -0.3 is 9.47 Å². The predicted octanol–water partition coefficient (Wildman–Crippen LogP) is 2.19. The Morgan fingerprint density at radius 3 is 1.82 bits per heavy atom. The molecule has 0 amide bonds. The summed E-state index contributed by atoms with van der Waals surface area (Å²) in [6.45, 7) is 10.1. The molecule has 0 atom stereocenters. The topological polar surface area (TPSA) is 18.5 Å². The average molecular weight is 158 g/mol. The molecule has 0 aromatic carbocycles. The van der Waals surface area contributed by atoms with Crippen molar-refractivity contribution in [1.29, 1.82) is 0 Å². The molecule has 1 aliphatic heterocycles. The molecule has 0 bridgehead atoms. The minimum atomic E-state index is -0.326. The van der Waals surface area contributed by atoms with Gasteiger partial charge in [-0.15, -0.1) is 0 Å². The standard InChI is InChI=1S/C9H18O2/c1-5-9(8(2,3)4)10-6-7-11-9/h5-7H2,1-4H3. The first-order valence-corrected chi connectivity index (χ1v) is 4.30. The quantitative estimate of drug-likeness (QED) is 0.582. The summed E-state index contributed by atoms with van der Waals surface area (Å²) in [6.07, 6.45) is 0.927. The highest BCUT2D eigenvalue weighted by Crippen LogP contribution is 2.40. The second kappa shape index (κ2) is 2.76. The fourth-order valence-electron chi connectivity index (χ4n) is 1.62. The molecule has 0 spiro atoms. The van der Waals surface area contributed by atoms with Crippen LogP contribution in [0.25, 0.3) is 0 Å². The second-order valence-electron chi connectivity index (χ2n) is 4.05. The van der Waals surface area contributed by atoms with Crippen LogP contribution in [0.2, 0.25) is 0 Å². The Morgan fingerprint density at radius 2 is 1.64 bits per heavy atom. The van der Waals surface area contributed by atoms with Crippen LogP contribution in [-0.2, 0) is 9.47 Å². The van der Waals surface area contributed by atoms with Crippen LogP contribution in [0.5, 0.6) is 0 Å². The molecule has 0 aliphatic carbocycles. The number of hydrogen-bond donors (Lipinski definition) is 0. The first kappa shape index (κ1) is 9.01. The van der Waals surface area contributed by atoms with Crippen molar-refractivity contribution >= 4 is 0 Å². The monoisotopic (exact) mass is 158 g/mol. The molecule has 1 rings (SSSR count). The molecule has 1 aliphatic rings. The molecule has 66 valence electrons. The lowest BCUT2D eigenvalue weighted by Crippen LogP contribution is -2.43. The van der Waals surface area contributed by atoms with E-state index in [9.17, 15) is 0 Å². The van der Waals surface area contributed by atoms with Gasteiger partial charge in [-0.25, -0.2) is 0 Å². The minimum Gasteiger partial charge on any atom is -0.347 e. The second-order valence-corrected chi connectivity index (χ2v) is 4.05. The van der Waals surface area contributed by atoms with Crippen molar-refractivity contribution in [3.63, 3.8) is 0 Å². The molecular formula is C9H18O2. The molecule has 11 heavy (non-hydrogen) atoms. The number of hydrogen-bond acceptors (Lipinski definition) is 2. The van der Waals surface area contributed by atoms with Crippen molar-refractivity contribution in [3.05, 3.63) is 0 Å². The minimum absolute atomic E-state index is 0.0816. The van der Waals surface area contributed by atoms with E-state index < -0.39 is 0 Å². The molecule has 0 aromatic rings. The summed E-state index contributed by atoms with van der Waals surface area (Å²) in [5.41, 5.74) is 0.0816. The van der Waals surface area contributed by atoms with Gasteiger partial charge in [-0.3, -0.25) is 0 Å². The highest BCUT2D eigenvalue weighted by atomic mass is 16.7. The SMILES string of the molecule is CCC1(C(C)(C)C)OCCO1. The van der Waals surface area contributed by atoms with Crippen molar-refractivity contribution in [2.24, 2.45) is 5.41 Å². The van der Waals surface area contributed by atoms with Gasteiger partial charge in [0.15, 0.2) is 5.79 Å². The Labute approximate surface area is 68.9 Å². The third-order valence-electron chi connectivity index (χ3n) is 2.36. The van der Waals surface area contributed by atoms with Gasteiger partial charge in [0.1, 0.15) is 0 Å². The Kier molecular flexibility index (Phi) is 2.26. The van der Waals surface area contributed by atoms with Crippen LogP contribution in [0.15, 0.2) is 0 Å². The van der Waals surface area contributed by atoms with E-state index >= 15 is 0 Å². The van der Waals surface area contributed by atoms with Gasteiger partial charge in [-0.05, 0) is 6.42 Å². The molecule has 2 nitrogen and oxygen atoms in total. The van der Waals surface area contributed by atoms with Crippen LogP contribution in [0, 0.1) is 5.41 Å². The van der Waals surface area contributed by atoms with E-state index in [1.165, 1.54) is 0 Å². The van der Waals surface area contributed by atoms with E-state index in [-0.39, 0.29) is 11.2 Å². The van der Waals surface area contributed by atoms with Gasteiger partial charge in [-0.2, -0.15) is 0 Å². The molecule has 1 saturated heterocycles. The zero-order chi connectivity index (χ0) is 8.54. The first-order valence-electron chi connectivity index (χ1n) is 4.30. The summed E-state index contributed by atoms with van der Waals surface area (Å²) >= 11 is 0. The largest absolute Gasteiger partial charge is 0.347 e. The molecule has 0 N–H and O–H groups in total. The van der Waals surface area contributed by atoms with E-state index in [1.807, 2.05) is 0 Å². The van der Waals surface area contributed by atoms with E-state index in [1.54, 1.807) is 0 Å². The zero-order valence-electron chi connectivity index (χ0n) is 7.94. The van der Waals surface area contributed by atoms with Gasteiger partial charge in [0.2, 0.25) is 0 Å². The van der Waals surface area contributed by atoms with Crippen LogP contribution in [0.1, 0.15) is 34.1 Å². The fraction of sp³-hybridized carbons (Fsp3) is 1.00. The van der Waals surface area contributed by atoms with Crippen LogP contribution in [0.4, 0.5) is 0 Å². The lowest BCUT2D eigenvalue weighted by molar-refractivity contribution is -0.223. The first-order chi connectivity index (χ1) is 5.02. The third-order valence-corrected chi connectivity index (χ3v) is 2.36.